The number of rotatable bonds is 42. The lowest BCUT2D eigenvalue weighted by Gasteiger charge is -2.34. The van der Waals surface area contributed by atoms with Crippen LogP contribution in [0.25, 0.3) is 0 Å². The fourth-order valence-corrected chi connectivity index (χ4v) is 8.85. The molecule has 0 heterocycles. The lowest BCUT2D eigenvalue weighted by molar-refractivity contribution is -0.143. The number of nitrogens with zero attached hydrogens (tertiary/aromatic N) is 3. The van der Waals surface area contributed by atoms with Crippen LogP contribution in [0.4, 0.5) is 0 Å². The predicted octanol–water partition coefficient (Wildman–Crippen LogP) is 7.39. The number of carbonyl (C=O) groups excluding carboxylic acids is 4. The predicted molar refractivity (Wildman–Crippen MR) is 300 cm³/mol. The zero-order valence-electron chi connectivity index (χ0n) is 45.8. The number of hydrogen-bond acceptors (Lipinski definition) is 15. The maximum absolute atomic E-state index is 12.2. The Bertz CT molecular complexity index is 2690. The summed E-state index contributed by atoms with van der Waals surface area (Å²) >= 11 is 0. The van der Waals surface area contributed by atoms with Gasteiger partial charge in [-0.1, -0.05) is 87.4 Å². The van der Waals surface area contributed by atoms with Crippen LogP contribution in [0.2, 0.25) is 0 Å². The first-order valence-electron chi connectivity index (χ1n) is 27.1. The van der Waals surface area contributed by atoms with Gasteiger partial charge in [0, 0.05) is 43.2 Å². The number of hydrogen-bond donors (Lipinski definition) is 3. The van der Waals surface area contributed by atoms with Crippen molar-refractivity contribution in [3.05, 3.63) is 148 Å². The lowest BCUT2D eigenvalue weighted by atomic mass is 10.0. The molecule has 5 aromatic carbocycles. The molecule has 2 unspecified atom stereocenters. The van der Waals surface area contributed by atoms with Gasteiger partial charge in [-0.05, 0) is 108 Å². The summed E-state index contributed by atoms with van der Waals surface area (Å²) in [5, 5.41) is 29.6. The molecule has 0 aliphatic carbocycles. The summed E-state index contributed by atoms with van der Waals surface area (Å²) in [5.74, 6) is -1.52. The van der Waals surface area contributed by atoms with E-state index in [9.17, 15) is 48.9 Å². The standard InChI is InChI=1S/C62H75N3O15/c1-3-5-7-46-9-13-49(14-10-46)42-76-55-21-23-58(51(36-55)25-31-66)78-44-57(45-79-59-24-22-56(37-52(59)38-60(70)71)77-43-50-15-11-47(12-16-50)8-6-4-2)80-54-19-17-48(18-20-54)35-53(65(40-61(72)73)41-62(74)75)39-64(30-34-69)27-26-63(28-32-67)29-33-68/h9-24,31-34,36-37,53,57H,3-8,25-30,35,38-45H2,1-2H3,(H,70,71)(H,72,73)(H,74,75). The maximum Gasteiger partial charge on any atom is 0.317 e. The molecule has 18 nitrogen and oxygen atoms in total. The van der Waals surface area contributed by atoms with Gasteiger partial charge in [0.25, 0.3) is 0 Å². The van der Waals surface area contributed by atoms with Crippen LogP contribution in [0, 0.1) is 0 Å². The van der Waals surface area contributed by atoms with Crippen molar-refractivity contribution in [3.8, 4) is 28.7 Å². The van der Waals surface area contributed by atoms with Crippen molar-refractivity contribution in [2.24, 2.45) is 0 Å². The fourth-order valence-electron chi connectivity index (χ4n) is 8.85. The molecule has 0 aliphatic rings. The summed E-state index contributed by atoms with van der Waals surface area (Å²) in [6.07, 6.45) is 8.19. The third-order valence-electron chi connectivity index (χ3n) is 13.1. The van der Waals surface area contributed by atoms with Crippen LogP contribution in [-0.2, 0) is 78.9 Å². The molecule has 5 rings (SSSR count). The highest BCUT2D eigenvalue weighted by Crippen LogP contribution is 2.29. The molecular formula is C62H75N3O15. The Kier molecular flexibility index (Phi) is 27.4. The number of carboxylic acids is 3. The van der Waals surface area contributed by atoms with Gasteiger partial charge in [-0.15, -0.1) is 0 Å². The van der Waals surface area contributed by atoms with Crippen molar-refractivity contribution < 1.29 is 72.6 Å². The Morgan fingerprint density at radius 1 is 0.512 bits per heavy atom. The van der Waals surface area contributed by atoms with Gasteiger partial charge in [0.1, 0.15) is 80.3 Å². The number of aliphatic carboxylic acids is 3. The molecule has 0 aliphatic heterocycles. The Hall–Kier alpha value is -7.93. The minimum Gasteiger partial charge on any atom is -0.489 e. The number of aryl methyl sites for hydroxylation is 2. The molecule has 0 saturated heterocycles. The second-order valence-corrected chi connectivity index (χ2v) is 19.5. The third-order valence-corrected chi connectivity index (χ3v) is 13.1. The molecule has 0 fully saturated rings. The second-order valence-electron chi connectivity index (χ2n) is 19.5. The van der Waals surface area contributed by atoms with E-state index in [1.54, 1.807) is 70.5 Å². The Morgan fingerprint density at radius 3 is 1.44 bits per heavy atom. The van der Waals surface area contributed by atoms with Crippen molar-refractivity contribution in [2.75, 3.05) is 65.6 Å². The van der Waals surface area contributed by atoms with E-state index >= 15 is 0 Å². The minimum absolute atomic E-state index is 0.0161. The summed E-state index contributed by atoms with van der Waals surface area (Å²) in [6.45, 7) is 3.87. The number of carbonyl (C=O) groups is 7. The van der Waals surface area contributed by atoms with E-state index in [0.717, 1.165) is 55.9 Å². The largest absolute Gasteiger partial charge is 0.489 e. The smallest absolute Gasteiger partial charge is 0.317 e. The van der Waals surface area contributed by atoms with E-state index < -0.39 is 43.1 Å². The first-order chi connectivity index (χ1) is 38.8. The van der Waals surface area contributed by atoms with Crippen LogP contribution >= 0.6 is 0 Å². The fraction of sp³-hybridized carbons (Fsp3) is 0.403. The first kappa shape index (κ1) is 62.9. The van der Waals surface area contributed by atoms with Crippen LogP contribution in [0.15, 0.2) is 109 Å². The Morgan fingerprint density at radius 2 is 0.963 bits per heavy atom. The van der Waals surface area contributed by atoms with Gasteiger partial charge in [0.05, 0.1) is 39.1 Å². The van der Waals surface area contributed by atoms with Crippen LogP contribution < -0.4 is 23.7 Å². The SMILES string of the molecule is CCCCc1ccc(COc2ccc(OCC(COc3ccc(OCc4ccc(CCCC)cc4)cc3CC(=O)O)Oc3ccc(CC(CN(CC=O)CCN(CC=O)CC=O)N(CC(=O)O)CC(=O)O)cc3)c(CC=O)c2)cc1. The van der Waals surface area contributed by atoms with Gasteiger partial charge in [-0.25, -0.2) is 0 Å². The lowest BCUT2D eigenvalue weighted by Crippen LogP contribution is -2.50. The molecule has 18 heteroatoms. The number of unbranched alkanes of at least 4 members (excludes halogenated alkanes) is 2. The number of benzene rings is 5. The van der Waals surface area contributed by atoms with Gasteiger partial charge in [-0.3, -0.25) is 29.1 Å². The molecule has 5 aromatic rings. The number of aldehydes is 4. The van der Waals surface area contributed by atoms with Crippen LogP contribution in [0.3, 0.4) is 0 Å². The van der Waals surface area contributed by atoms with Gasteiger partial charge < -0.3 is 58.2 Å². The van der Waals surface area contributed by atoms with Crippen LogP contribution in [0.5, 0.6) is 28.7 Å². The number of carboxylic acid groups (broad SMARTS) is 3. The molecular weight excluding hydrogens is 1030 g/mol. The highest BCUT2D eigenvalue weighted by atomic mass is 16.6. The average Bonchev–Trinajstić information content (AvgIpc) is 3.44. The molecule has 80 heavy (non-hydrogen) atoms. The Balaban J connectivity index is 1.38. The monoisotopic (exact) mass is 1100 g/mol. The summed E-state index contributed by atoms with van der Waals surface area (Å²) < 4.78 is 31.5. The zero-order chi connectivity index (χ0) is 57.5. The molecule has 0 radical (unpaired) electrons. The summed E-state index contributed by atoms with van der Waals surface area (Å²) in [5.41, 5.74) is 6.08. The molecule has 3 N–H and O–H groups in total. The second kappa shape index (κ2) is 34.8. The molecule has 0 aromatic heterocycles. The maximum atomic E-state index is 12.2. The molecule has 0 spiro atoms. The quantitative estimate of drug-likeness (QED) is 0.0323. The van der Waals surface area contributed by atoms with E-state index in [-0.39, 0.29) is 84.1 Å². The molecule has 2 atom stereocenters. The van der Waals surface area contributed by atoms with E-state index in [1.807, 2.05) is 24.3 Å². The topological polar surface area (TPSA) is 236 Å². The molecule has 428 valence electrons. The molecule has 0 amide bonds. The van der Waals surface area contributed by atoms with Crippen molar-refractivity contribution in [2.45, 2.75) is 97.0 Å². The van der Waals surface area contributed by atoms with Crippen molar-refractivity contribution in [1.29, 1.82) is 0 Å². The van der Waals surface area contributed by atoms with Gasteiger partial charge in [0.15, 0.2) is 6.10 Å². The highest BCUT2D eigenvalue weighted by molar-refractivity contribution is 5.73. The highest BCUT2D eigenvalue weighted by Gasteiger charge is 2.27. The van der Waals surface area contributed by atoms with E-state index in [4.69, 9.17) is 23.7 Å². The van der Waals surface area contributed by atoms with Gasteiger partial charge >= 0.3 is 17.9 Å². The Labute approximate surface area is 468 Å². The van der Waals surface area contributed by atoms with E-state index in [2.05, 4.69) is 38.1 Å². The van der Waals surface area contributed by atoms with E-state index in [1.165, 1.54) is 16.0 Å². The number of ether oxygens (including phenoxy) is 5. The van der Waals surface area contributed by atoms with Crippen molar-refractivity contribution in [1.82, 2.24) is 14.7 Å². The third kappa shape index (κ3) is 22.8. The summed E-state index contributed by atoms with van der Waals surface area (Å²) in [7, 11) is 0. The molecule has 0 bridgehead atoms. The van der Waals surface area contributed by atoms with Crippen LogP contribution in [0.1, 0.15) is 78.5 Å². The minimum atomic E-state index is -1.25. The van der Waals surface area contributed by atoms with Crippen molar-refractivity contribution >= 4 is 43.1 Å². The zero-order valence-corrected chi connectivity index (χ0v) is 45.8. The normalized spacial score (nSPS) is 11.9. The van der Waals surface area contributed by atoms with Crippen molar-refractivity contribution in [3.63, 3.8) is 0 Å². The molecule has 0 saturated carbocycles. The van der Waals surface area contributed by atoms with E-state index in [0.29, 0.717) is 65.2 Å². The summed E-state index contributed by atoms with van der Waals surface area (Å²) in [6, 6.07) is 32.8. The van der Waals surface area contributed by atoms with Gasteiger partial charge in [0.2, 0.25) is 0 Å². The summed E-state index contributed by atoms with van der Waals surface area (Å²) in [4.78, 5) is 87.2. The van der Waals surface area contributed by atoms with Crippen LogP contribution in [-0.4, -0.2) is 151 Å². The average molecular weight is 1100 g/mol. The first-order valence-corrected chi connectivity index (χ1v) is 27.1. The van der Waals surface area contributed by atoms with Gasteiger partial charge in [-0.2, -0.15) is 0 Å².